The molecule has 3 rings (SSSR count). The standard InChI is InChI=1S/C29H36N4O10/c1-7-21(34)40-14-20(42-23(36)9-3)26(43-24(37)10-4)19(41-22(35)8-2)13-33-18-12-16(6)15(5)11-17(18)30-25-27(33)31-29(39)32-28(25)38/h11-12,19-20,26H,7-10,13-14H2,1-6H3,(H,32,38,39)/t19-,20-,26-/m1/s1. The summed E-state index contributed by atoms with van der Waals surface area (Å²) in [5.41, 5.74) is 0.704. The van der Waals surface area contributed by atoms with Crippen molar-refractivity contribution in [3.63, 3.8) is 0 Å². The second kappa shape index (κ2) is 14.5. The molecule has 0 aromatic heterocycles. The minimum Gasteiger partial charge on any atom is -0.462 e. The molecular formula is C29H36N4O10. The fourth-order valence-electron chi connectivity index (χ4n) is 4.23. The Morgan fingerprint density at radius 1 is 0.791 bits per heavy atom. The van der Waals surface area contributed by atoms with Gasteiger partial charge in [-0.2, -0.15) is 4.98 Å². The molecule has 2 aliphatic rings. The van der Waals surface area contributed by atoms with E-state index in [1.54, 1.807) is 39.8 Å². The summed E-state index contributed by atoms with van der Waals surface area (Å²) < 4.78 is 23.8. The molecule has 1 aromatic rings. The number of aromatic nitrogens is 4. The molecule has 0 aliphatic carbocycles. The van der Waals surface area contributed by atoms with Gasteiger partial charge in [-0.05, 0) is 37.1 Å². The van der Waals surface area contributed by atoms with Gasteiger partial charge in [-0.1, -0.05) is 27.7 Å². The number of ether oxygens (including phenoxy) is 4. The Kier molecular flexibility index (Phi) is 11.1. The monoisotopic (exact) mass is 600 g/mol. The normalized spacial score (nSPS) is 13.3. The molecule has 0 unspecified atom stereocenters. The molecule has 14 nitrogen and oxygen atoms in total. The Bertz CT molecular complexity index is 1590. The van der Waals surface area contributed by atoms with E-state index >= 15 is 0 Å². The van der Waals surface area contributed by atoms with E-state index < -0.39 is 60.0 Å². The van der Waals surface area contributed by atoms with Crippen molar-refractivity contribution in [2.45, 2.75) is 92.1 Å². The van der Waals surface area contributed by atoms with Gasteiger partial charge in [-0.15, -0.1) is 0 Å². The van der Waals surface area contributed by atoms with Crippen molar-refractivity contribution in [2.75, 3.05) is 6.61 Å². The number of benzene rings is 1. The highest BCUT2D eigenvalue weighted by Crippen LogP contribution is 2.26. The zero-order valence-electron chi connectivity index (χ0n) is 25.1. The van der Waals surface area contributed by atoms with Crippen molar-refractivity contribution in [2.24, 2.45) is 0 Å². The second-order valence-electron chi connectivity index (χ2n) is 9.80. The number of hydrogen-bond donors (Lipinski definition) is 1. The van der Waals surface area contributed by atoms with Gasteiger partial charge in [0.05, 0.1) is 17.6 Å². The lowest BCUT2D eigenvalue weighted by atomic mass is 10.1. The van der Waals surface area contributed by atoms with E-state index in [0.717, 1.165) is 11.1 Å². The molecule has 0 saturated heterocycles. The minimum absolute atomic E-state index is 0.0312. The molecular weight excluding hydrogens is 564 g/mol. The molecule has 0 amide bonds. The third-order valence-electron chi connectivity index (χ3n) is 6.72. The molecule has 232 valence electrons. The number of H-pyrrole nitrogens is 1. The van der Waals surface area contributed by atoms with Crippen molar-refractivity contribution in [1.82, 2.24) is 19.5 Å². The van der Waals surface area contributed by atoms with E-state index in [2.05, 4.69) is 15.0 Å². The first-order chi connectivity index (χ1) is 20.4. The van der Waals surface area contributed by atoms with Gasteiger partial charge >= 0.3 is 29.6 Å². The van der Waals surface area contributed by atoms with Crippen LogP contribution in [0.4, 0.5) is 0 Å². The van der Waals surface area contributed by atoms with E-state index in [-0.39, 0.29) is 43.7 Å². The van der Waals surface area contributed by atoms with Crippen LogP contribution in [-0.2, 0) is 44.7 Å². The number of esters is 4. The number of rotatable bonds is 13. The molecule has 1 N–H and O–H groups in total. The fourth-order valence-corrected chi connectivity index (χ4v) is 4.23. The first-order valence-electron chi connectivity index (χ1n) is 14.1. The Balaban J connectivity index is 2.29. The minimum atomic E-state index is -1.46. The summed E-state index contributed by atoms with van der Waals surface area (Å²) in [7, 11) is 0. The molecule has 14 heteroatoms. The molecule has 0 spiro atoms. The van der Waals surface area contributed by atoms with Gasteiger partial charge in [-0.25, -0.2) is 9.78 Å². The Labute approximate surface area is 247 Å². The number of fused-ring (bicyclic) bond motifs is 2. The fraction of sp³-hybridized carbons (Fsp3) is 0.517. The summed E-state index contributed by atoms with van der Waals surface area (Å²) in [5.74, 6) is -2.78. The molecule has 43 heavy (non-hydrogen) atoms. The number of nitrogens with one attached hydrogen (secondary N) is 1. The summed E-state index contributed by atoms with van der Waals surface area (Å²) in [4.78, 5) is 85.5. The zero-order valence-corrected chi connectivity index (χ0v) is 25.1. The first kappa shape index (κ1) is 32.9. The van der Waals surface area contributed by atoms with Crippen LogP contribution in [0.5, 0.6) is 0 Å². The molecule has 0 bridgehead atoms. The molecule has 3 atom stereocenters. The number of carbonyl (C=O) groups excluding carboxylic acids is 4. The molecule has 2 heterocycles. The lowest BCUT2D eigenvalue weighted by molar-refractivity contribution is -0.192. The zero-order chi connectivity index (χ0) is 31.8. The van der Waals surface area contributed by atoms with Crippen LogP contribution in [0.25, 0.3) is 22.6 Å². The van der Waals surface area contributed by atoms with Crippen molar-refractivity contribution < 1.29 is 38.1 Å². The van der Waals surface area contributed by atoms with E-state index in [1.165, 1.54) is 4.57 Å². The Morgan fingerprint density at radius 3 is 1.95 bits per heavy atom. The van der Waals surface area contributed by atoms with E-state index in [4.69, 9.17) is 18.9 Å². The average molecular weight is 601 g/mol. The average Bonchev–Trinajstić information content (AvgIpc) is 2.98. The van der Waals surface area contributed by atoms with Crippen LogP contribution in [0.15, 0.2) is 21.7 Å². The number of aromatic amines is 1. The summed E-state index contributed by atoms with van der Waals surface area (Å²) in [6.07, 6.45) is -4.34. The molecule has 0 saturated carbocycles. The highest BCUT2D eigenvalue weighted by Gasteiger charge is 2.40. The third-order valence-corrected chi connectivity index (χ3v) is 6.72. The van der Waals surface area contributed by atoms with Crippen LogP contribution in [0, 0.1) is 13.8 Å². The number of nitrogens with zero attached hydrogens (tertiary/aromatic N) is 3. The van der Waals surface area contributed by atoms with E-state index in [0.29, 0.717) is 11.0 Å². The lowest BCUT2D eigenvalue weighted by Gasteiger charge is -2.33. The Morgan fingerprint density at radius 2 is 1.35 bits per heavy atom. The maximum Gasteiger partial charge on any atom is 0.349 e. The van der Waals surface area contributed by atoms with E-state index in [1.807, 2.05) is 13.8 Å². The van der Waals surface area contributed by atoms with Crippen LogP contribution in [0.2, 0.25) is 0 Å². The van der Waals surface area contributed by atoms with Crippen LogP contribution in [0.1, 0.15) is 64.5 Å². The first-order valence-corrected chi connectivity index (χ1v) is 14.1. The summed E-state index contributed by atoms with van der Waals surface area (Å²) in [6, 6.07) is 3.52. The SMILES string of the molecule is CCC(=O)OC[C@@H](OC(=O)CC)[C@H](OC(=O)CC)[C@@H](Cn1c2nc(=O)[nH]c(=O)c-2nc2cc(C)c(C)cc21)OC(=O)CC. The highest BCUT2D eigenvalue weighted by molar-refractivity contribution is 5.81. The predicted molar refractivity (Wildman–Crippen MR) is 152 cm³/mol. The number of hydrogen-bond acceptors (Lipinski definition) is 12. The Hall–Kier alpha value is -4.62. The van der Waals surface area contributed by atoms with Crippen molar-refractivity contribution in [1.29, 1.82) is 0 Å². The number of aryl methyl sites for hydroxylation is 2. The quantitative estimate of drug-likeness (QED) is 0.171. The smallest absolute Gasteiger partial charge is 0.349 e. The number of carbonyl (C=O) groups is 4. The topological polar surface area (TPSA) is 186 Å². The van der Waals surface area contributed by atoms with Gasteiger partial charge in [-0.3, -0.25) is 29.0 Å². The largest absolute Gasteiger partial charge is 0.462 e. The maximum atomic E-state index is 12.8. The van der Waals surface area contributed by atoms with Crippen molar-refractivity contribution in [3.05, 3.63) is 44.1 Å². The highest BCUT2D eigenvalue weighted by atomic mass is 16.6. The van der Waals surface area contributed by atoms with Crippen LogP contribution < -0.4 is 11.2 Å². The molecule has 2 aliphatic heterocycles. The lowest BCUT2D eigenvalue weighted by Crippen LogP contribution is -2.49. The van der Waals surface area contributed by atoms with Crippen molar-refractivity contribution >= 4 is 34.9 Å². The second-order valence-corrected chi connectivity index (χ2v) is 9.80. The summed E-state index contributed by atoms with van der Waals surface area (Å²) in [5, 5.41) is 0. The third kappa shape index (κ3) is 8.02. The van der Waals surface area contributed by atoms with Gasteiger partial charge in [0.25, 0.3) is 5.56 Å². The van der Waals surface area contributed by atoms with Gasteiger partial charge in [0, 0.05) is 25.7 Å². The molecule has 0 radical (unpaired) electrons. The van der Waals surface area contributed by atoms with Gasteiger partial charge < -0.3 is 23.5 Å². The van der Waals surface area contributed by atoms with Crippen LogP contribution in [-0.4, -0.2) is 68.3 Å². The molecule has 1 aromatic carbocycles. The van der Waals surface area contributed by atoms with Crippen LogP contribution >= 0.6 is 0 Å². The summed E-state index contributed by atoms with van der Waals surface area (Å²) in [6.45, 7) is 9.15. The van der Waals surface area contributed by atoms with Gasteiger partial charge in [0.2, 0.25) is 0 Å². The predicted octanol–water partition coefficient (Wildman–Crippen LogP) is 2.12. The summed E-state index contributed by atoms with van der Waals surface area (Å²) >= 11 is 0. The van der Waals surface area contributed by atoms with Gasteiger partial charge in [0.1, 0.15) is 6.61 Å². The van der Waals surface area contributed by atoms with E-state index in [9.17, 15) is 28.8 Å². The van der Waals surface area contributed by atoms with Crippen LogP contribution in [0.3, 0.4) is 0 Å². The maximum absolute atomic E-state index is 12.8. The van der Waals surface area contributed by atoms with Crippen molar-refractivity contribution in [3.8, 4) is 11.5 Å². The van der Waals surface area contributed by atoms with Gasteiger partial charge in [0.15, 0.2) is 29.8 Å². The molecule has 0 fully saturated rings.